The molecule has 5 nitrogen and oxygen atoms in total. The minimum Gasteiger partial charge on any atom is -0.469 e. The molecule has 0 unspecified atom stereocenters. The number of carbonyl (C=O) groups is 2. The summed E-state index contributed by atoms with van der Waals surface area (Å²) in [6.07, 6.45) is 0.0445. The molecule has 0 saturated carbocycles. The van der Waals surface area contributed by atoms with Gasteiger partial charge >= 0.3 is 5.97 Å². The molecule has 1 heterocycles. The Morgan fingerprint density at radius 1 is 1.45 bits per heavy atom. The first-order valence-electron chi connectivity index (χ1n) is 5.66. The van der Waals surface area contributed by atoms with Crippen molar-refractivity contribution in [3.8, 4) is 0 Å². The highest BCUT2D eigenvalue weighted by Gasteiger charge is 2.11. The van der Waals surface area contributed by atoms with E-state index in [4.69, 9.17) is 0 Å². The molecule has 0 spiro atoms. The summed E-state index contributed by atoms with van der Waals surface area (Å²) in [7, 11) is 1.29. The molecular weight excluding hydrogens is 283 g/mol. The first-order valence-corrected chi connectivity index (χ1v) is 6.54. The minimum atomic E-state index is -0.483. The van der Waals surface area contributed by atoms with Crippen LogP contribution in [0.5, 0.6) is 0 Å². The fraction of sp³-hybridized carbons (Fsp3) is 0.154. The summed E-state index contributed by atoms with van der Waals surface area (Å²) in [6, 6.07) is 5.35. The summed E-state index contributed by atoms with van der Waals surface area (Å²) in [6.45, 7) is 0. The van der Waals surface area contributed by atoms with Gasteiger partial charge in [0.05, 0.1) is 19.2 Å². The standard InChI is InChI=1S/C13H11FN2O3S/c1-19-11(17)6-10-7-20-13(15-10)16-12(18)8-3-2-4-9(14)5-8/h2-5,7H,6H2,1H3,(H,15,16,18). The second-order valence-corrected chi connectivity index (χ2v) is 4.72. The lowest BCUT2D eigenvalue weighted by molar-refractivity contribution is -0.139. The first-order chi connectivity index (χ1) is 9.58. The minimum absolute atomic E-state index is 0.0445. The van der Waals surface area contributed by atoms with Gasteiger partial charge in [-0.2, -0.15) is 0 Å². The molecule has 104 valence electrons. The molecule has 0 saturated heterocycles. The van der Waals surface area contributed by atoms with Crippen LogP contribution in [-0.4, -0.2) is 24.0 Å². The van der Waals surface area contributed by atoms with E-state index in [-0.39, 0.29) is 12.0 Å². The number of hydrogen-bond donors (Lipinski definition) is 1. The molecule has 0 radical (unpaired) electrons. The number of ether oxygens (including phenoxy) is 1. The van der Waals surface area contributed by atoms with Crippen LogP contribution >= 0.6 is 11.3 Å². The topological polar surface area (TPSA) is 68.3 Å². The van der Waals surface area contributed by atoms with E-state index in [1.807, 2.05) is 0 Å². The zero-order chi connectivity index (χ0) is 14.5. The smallest absolute Gasteiger partial charge is 0.311 e. The Morgan fingerprint density at radius 2 is 2.25 bits per heavy atom. The van der Waals surface area contributed by atoms with E-state index < -0.39 is 17.7 Å². The molecule has 7 heteroatoms. The van der Waals surface area contributed by atoms with Crippen molar-refractivity contribution in [1.29, 1.82) is 0 Å². The fourth-order valence-corrected chi connectivity index (χ4v) is 2.17. The van der Waals surface area contributed by atoms with Crippen molar-refractivity contribution in [1.82, 2.24) is 4.98 Å². The van der Waals surface area contributed by atoms with Crippen LogP contribution < -0.4 is 5.32 Å². The molecule has 1 aromatic heterocycles. The zero-order valence-electron chi connectivity index (χ0n) is 10.6. The van der Waals surface area contributed by atoms with Crippen LogP contribution in [0.2, 0.25) is 0 Å². The highest BCUT2D eigenvalue weighted by molar-refractivity contribution is 7.14. The normalized spacial score (nSPS) is 10.1. The Kier molecular flexibility index (Phi) is 4.41. The van der Waals surface area contributed by atoms with Gasteiger partial charge in [0, 0.05) is 10.9 Å². The van der Waals surface area contributed by atoms with Gasteiger partial charge in [-0.05, 0) is 18.2 Å². The summed E-state index contributed by atoms with van der Waals surface area (Å²) >= 11 is 1.18. The maximum atomic E-state index is 13.0. The average molecular weight is 294 g/mol. The maximum absolute atomic E-state index is 13.0. The molecular formula is C13H11FN2O3S. The number of benzene rings is 1. The van der Waals surface area contributed by atoms with E-state index in [0.717, 1.165) is 6.07 Å². The Bertz CT molecular complexity index is 642. The maximum Gasteiger partial charge on any atom is 0.311 e. The Labute approximate surface area is 118 Å². The summed E-state index contributed by atoms with van der Waals surface area (Å²) in [5.41, 5.74) is 0.714. The van der Waals surface area contributed by atoms with E-state index in [1.54, 1.807) is 5.38 Å². The molecule has 0 bridgehead atoms. The second-order valence-electron chi connectivity index (χ2n) is 3.86. The van der Waals surface area contributed by atoms with Gasteiger partial charge in [-0.3, -0.25) is 14.9 Å². The van der Waals surface area contributed by atoms with Gasteiger partial charge in [0.15, 0.2) is 5.13 Å². The lowest BCUT2D eigenvalue weighted by atomic mass is 10.2. The number of aromatic nitrogens is 1. The molecule has 0 aliphatic heterocycles. The van der Waals surface area contributed by atoms with E-state index in [1.165, 1.54) is 36.6 Å². The van der Waals surface area contributed by atoms with Crippen molar-refractivity contribution in [2.45, 2.75) is 6.42 Å². The number of methoxy groups -OCH3 is 1. The SMILES string of the molecule is COC(=O)Cc1csc(NC(=O)c2cccc(F)c2)n1. The Balaban J connectivity index is 2.03. The van der Waals surface area contributed by atoms with Crippen LogP contribution in [0, 0.1) is 5.82 Å². The van der Waals surface area contributed by atoms with Crippen LogP contribution in [0.3, 0.4) is 0 Å². The fourth-order valence-electron chi connectivity index (χ4n) is 1.46. The lowest BCUT2D eigenvalue weighted by Crippen LogP contribution is -2.12. The van der Waals surface area contributed by atoms with Crippen LogP contribution in [-0.2, 0) is 16.0 Å². The molecule has 1 amide bonds. The largest absolute Gasteiger partial charge is 0.469 e. The van der Waals surface area contributed by atoms with Gasteiger partial charge in [-0.1, -0.05) is 6.07 Å². The number of amides is 1. The number of hydrogen-bond acceptors (Lipinski definition) is 5. The van der Waals surface area contributed by atoms with E-state index in [9.17, 15) is 14.0 Å². The van der Waals surface area contributed by atoms with Crippen molar-refractivity contribution in [2.24, 2.45) is 0 Å². The third-order valence-corrected chi connectivity index (χ3v) is 3.22. The molecule has 0 atom stereocenters. The van der Waals surface area contributed by atoms with Crippen LogP contribution in [0.4, 0.5) is 9.52 Å². The Morgan fingerprint density at radius 3 is 2.95 bits per heavy atom. The van der Waals surface area contributed by atoms with Crippen LogP contribution in [0.25, 0.3) is 0 Å². The molecule has 0 fully saturated rings. The van der Waals surface area contributed by atoms with Gasteiger partial charge in [-0.15, -0.1) is 11.3 Å². The summed E-state index contributed by atoms with van der Waals surface area (Å²) in [4.78, 5) is 27.0. The first kappa shape index (κ1) is 14.1. The molecule has 2 rings (SSSR count). The number of halogens is 1. The van der Waals surface area contributed by atoms with Crippen molar-refractivity contribution in [2.75, 3.05) is 12.4 Å². The highest BCUT2D eigenvalue weighted by Crippen LogP contribution is 2.17. The summed E-state index contributed by atoms with van der Waals surface area (Å²) in [5, 5.41) is 4.54. The molecule has 1 N–H and O–H groups in total. The summed E-state index contributed by atoms with van der Waals surface area (Å²) < 4.78 is 17.5. The average Bonchev–Trinajstić information content (AvgIpc) is 2.85. The zero-order valence-corrected chi connectivity index (χ0v) is 11.4. The number of nitrogens with one attached hydrogen (secondary N) is 1. The lowest BCUT2D eigenvalue weighted by Gasteiger charge is -2.01. The highest BCUT2D eigenvalue weighted by atomic mass is 32.1. The molecule has 0 aliphatic carbocycles. The number of esters is 1. The summed E-state index contributed by atoms with van der Waals surface area (Å²) in [5.74, 6) is -1.34. The number of rotatable bonds is 4. The van der Waals surface area contributed by atoms with Crippen molar-refractivity contribution >= 4 is 28.3 Å². The van der Waals surface area contributed by atoms with Crippen LogP contribution in [0.15, 0.2) is 29.6 Å². The molecule has 0 aliphatic rings. The second kappa shape index (κ2) is 6.25. The predicted octanol–water partition coefficient (Wildman–Crippen LogP) is 2.25. The van der Waals surface area contributed by atoms with Gasteiger partial charge in [0.2, 0.25) is 0 Å². The monoisotopic (exact) mass is 294 g/mol. The van der Waals surface area contributed by atoms with E-state index in [2.05, 4.69) is 15.0 Å². The number of thiazole rings is 1. The molecule has 20 heavy (non-hydrogen) atoms. The van der Waals surface area contributed by atoms with Gasteiger partial charge < -0.3 is 4.74 Å². The van der Waals surface area contributed by atoms with Crippen molar-refractivity contribution < 1.29 is 18.7 Å². The molecule has 1 aromatic carbocycles. The number of carbonyl (C=O) groups excluding carboxylic acids is 2. The van der Waals surface area contributed by atoms with Crippen molar-refractivity contribution in [3.63, 3.8) is 0 Å². The number of anilines is 1. The van der Waals surface area contributed by atoms with Gasteiger partial charge in [-0.25, -0.2) is 9.37 Å². The quantitative estimate of drug-likeness (QED) is 0.878. The third-order valence-electron chi connectivity index (χ3n) is 2.41. The molecule has 2 aromatic rings. The number of nitrogens with zero attached hydrogens (tertiary/aromatic N) is 1. The van der Waals surface area contributed by atoms with Gasteiger partial charge in [0.1, 0.15) is 5.82 Å². The third kappa shape index (κ3) is 3.61. The van der Waals surface area contributed by atoms with Crippen molar-refractivity contribution in [3.05, 3.63) is 46.7 Å². The van der Waals surface area contributed by atoms with Crippen LogP contribution in [0.1, 0.15) is 16.1 Å². The Hall–Kier alpha value is -2.28. The van der Waals surface area contributed by atoms with E-state index in [0.29, 0.717) is 10.8 Å². The van der Waals surface area contributed by atoms with E-state index >= 15 is 0 Å². The van der Waals surface area contributed by atoms with Gasteiger partial charge in [0.25, 0.3) is 5.91 Å². The predicted molar refractivity (Wildman–Crippen MR) is 72.2 cm³/mol.